The monoisotopic (exact) mass is 150 g/mol. The van der Waals surface area contributed by atoms with E-state index in [1.54, 1.807) is 0 Å². The number of nitrogens with zero attached hydrogens (tertiary/aromatic N) is 2. The fourth-order valence-electron chi connectivity index (χ4n) is 3.38. The third-order valence-electron chi connectivity index (χ3n) is 3.89. The molecule has 0 aromatic heterocycles. The summed E-state index contributed by atoms with van der Waals surface area (Å²) < 4.78 is 0. The molecule has 0 amide bonds. The fraction of sp³-hybridized carbons (Fsp3) is 1.00. The molecule has 2 saturated carbocycles. The third kappa shape index (κ3) is 0.592. The normalized spacial score (nSPS) is 58.8. The van der Waals surface area contributed by atoms with E-state index in [0.717, 1.165) is 17.8 Å². The number of hydrogen-bond acceptors (Lipinski definition) is 2. The molecule has 0 unspecified atom stereocenters. The Bertz CT molecular complexity index is 212. The average molecular weight is 150 g/mol. The van der Waals surface area contributed by atoms with Crippen molar-refractivity contribution in [1.29, 1.82) is 0 Å². The predicted octanol–water partition coefficient (Wildman–Crippen LogP) is 2.26. The van der Waals surface area contributed by atoms with Crippen LogP contribution in [0.2, 0.25) is 0 Å². The van der Waals surface area contributed by atoms with E-state index < -0.39 is 0 Å². The molecule has 1 aliphatic heterocycles. The molecular weight excluding hydrogens is 136 g/mol. The van der Waals surface area contributed by atoms with Crippen LogP contribution in [-0.4, -0.2) is 12.1 Å². The Kier molecular flexibility index (Phi) is 1.03. The van der Waals surface area contributed by atoms with E-state index in [-0.39, 0.29) is 0 Å². The van der Waals surface area contributed by atoms with Crippen molar-refractivity contribution in [3.8, 4) is 0 Å². The lowest BCUT2D eigenvalue weighted by molar-refractivity contribution is 0.0742. The van der Waals surface area contributed by atoms with Crippen molar-refractivity contribution >= 4 is 0 Å². The summed E-state index contributed by atoms with van der Waals surface area (Å²) in [5, 5.41) is 8.62. The third-order valence-corrected chi connectivity index (χ3v) is 3.89. The van der Waals surface area contributed by atoms with E-state index in [0.29, 0.717) is 12.1 Å². The Balaban J connectivity index is 1.88. The van der Waals surface area contributed by atoms with Gasteiger partial charge in [-0.3, -0.25) is 0 Å². The van der Waals surface area contributed by atoms with Crippen molar-refractivity contribution in [2.45, 2.75) is 38.3 Å². The summed E-state index contributed by atoms with van der Waals surface area (Å²) >= 11 is 0. The number of hydrogen-bond donors (Lipinski definition) is 0. The maximum absolute atomic E-state index is 4.35. The van der Waals surface area contributed by atoms with Crippen LogP contribution in [0.4, 0.5) is 0 Å². The summed E-state index contributed by atoms with van der Waals surface area (Å²) in [7, 11) is 0. The lowest BCUT2D eigenvalue weighted by atomic mass is 9.61. The minimum atomic E-state index is 0.541. The molecule has 0 aromatic rings. The zero-order valence-electron chi connectivity index (χ0n) is 6.90. The number of azo groups is 1. The Morgan fingerprint density at radius 3 is 2.82 bits per heavy atom. The first-order chi connectivity index (χ1) is 5.38. The summed E-state index contributed by atoms with van der Waals surface area (Å²) in [5.41, 5.74) is 0. The molecule has 11 heavy (non-hydrogen) atoms. The highest BCUT2D eigenvalue weighted by atomic mass is 15.2. The van der Waals surface area contributed by atoms with E-state index in [1.165, 1.54) is 19.3 Å². The molecule has 2 heteroatoms. The van der Waals surface area contributed by atoms with E-state index in [9.17, 15) is 0 Å². The summed E-state index contributed by atoms with van der Waals surface area (Å²) in [6.07, 6.45) is 4.34. The Morgan fingerprint density at radius 1 is 1.09 bits per heavy atom. The van der Waals surface area contributed by atoms with Crippen LogP contribution in [0.15, 0.2) is 10.2 Å². The smallest absolute Gasteiger partial charge is 0.0791 e. The van der Waals surface area contributed by atoms with Crippen LogP contribution in [-0.2, 0) is 0 Å². The summed E-state index contributed by atoms with van der Waals surface area (Å²) in [6, 6.07) is 1.19. The van der Waals surface area contributed by atoms with Crippen molar-refractivity contribution in [3.05, 3.63) is 0 Å². The van der Waals surface area contributed by atoms with Crippen LogP contribution in [0.3, 0.4) is 0 Å². The quantitative estimate of drug-likeness (QED) is 0.506. The van der Waals surface area contributed by atoms with Crippen LogP contribution in [0.5, 0.6) is 0 Å². The maximum atomic E-state index is 4.35. The van der Waals surface area contributed by atoms with Crippen molar-refractivity contribution in [3.63, 3.8) is 0 Å². The highest BCUT2D eigenvalue weighted by Gasteiger charge is 2.56. The van der Waals surface area contributed by atoms with Crippen LogP contribution in [0.25, 0.3) is 0 Å². The summed E-state index contributed by atoms with van der Waals surface area (Å²) in [5.74, 6) is 2.79. The van der Waals surface area contributed by atoms with Gasteiger partial charge in [0.25, 0.3) is 0 Å². The topological polar surface area (TPSA) is 24.7 Å². The molecule has 2 aliphatic carbocycles. The van der Waals surface area contributed by atoms with E-state index >= 15 is 0 Å². The highest BCUT2D eigenvalue weighted by Crippen LogP contribution is 2.56. The van der Waals surface area contributed by atoms with Gasteiger partial charge in [-0.1, -0.05) is 6.42 Å². The predicted molar refractivity (Wildman–Crippen MR) is 42.4 cm³/mol. The molecule has 2 fully saturated rings. The van der Waals surface area contributed by atoms with Gasteiger partial charge in [0.15, 0.2) is 0 Å². The zero-order valence-corrected chi connectivity index (χ0v) is 6.90. The van der Waals surface area contributed by atoms with Crippen molar-refractivity contribution in [1.82, 2.24) is 0 Å². The molecule has 5 atom stereocenters. The van der Waals surface area contributed by atoms with Gasteiger partial charge in [0.05, 0.1) is 12.1 Å². The van der Waals surface area contributed by atoms with Gasteiger partial charge in [-0.25, -0.2) is 0 Å². The Hall–Kier alpha value is -0.400. The van der Waals surface area contributed by atoms with Gasteiger partial charge in [0, 0.05) is 5.92 Å². The number of fused-ring (bicyclic) bond motifs is 4. The SMILES string of the molecule is C[C@H]1N=N[C@H]2[C@@H]3CCC[C@@H]3[C@@H]21. The van der Waals surface area contributed by atoms with E-state index in [4.69, 9.17) is 0 Å². The first kappa shape index (κ1) is 6.15. The second kappa shape index (κ2) is 1.85. The van der Waals surface area contributed by atoms with Gasteiger partial charge < -0.3 is 0 Å². The summed E-state index contributed by atoms with van der Waals surface area (Å²) in [4.78, 5) is 0. The lowest BCUT2D eigenvalue weighted by Gasteiger charge is -2.43. The van der Waals surface area contributed by atoms with Crippen molar-refractivity contribution in [2.24, 2.45) is 28.0 Å². The molecule has 0 spiro atoms. The van der Waals surface area contributed by atoms with Crippen LogP contribution < -0.4 is 0 Å². The molecule has 0 aromatic carbocycles. The Labute approximate surface area is 67.1 Å². The Morgan fingerprint density at radius 2 is 1.91 bits per heavy atom. The second-order valence-electron chi connectivity index (χ2n) is 4.30. The molecule has 2 nitrogen and oxygen atoms in total. The van der Waals surface area contributed by atoms with E-state index in [2.05, 4.69) is 17.2 Å². The van der Waals surface area contributed by atoms with Gasteiger partial charge >= 0.3 is 0 Å². The molecule has 0 N–H and O–H groups in total. The summed E-state index contributed by atoms with van der Waals surface area (Å²) in [6.45, 7) is 2.22. The molecule has 60 valence electrons. The van der Waals surface area contributed by atoms with Crippen molar-refractivity contribution < 1.29 is 0 Å². The fourth-order valence-corrected chi connectivity index (χ4v) is 3.38. The number of rotatable bonds is 0. The second-order valence-corrected chi connectivity index (χ2v) is 4.30. The van der Waals surface area contributed by atoms with Gasteiger partial charge in [-0.2, -0.15) is 10.2 Å². The molecule has 1 heterocycles. The van der Waals surface area contributed by atoms with Gasteiger partial charge in [-0.05, 0) is 31.6 Å². The van der Waals surface area contributed by atoms with Crippen molar-refractivity contribution in [2.75, 3.05) is 0 Å². The molecule has 3 aliphatic rings. The largest absolute Gasteiger partial charge is 0.190 e. The van der Waals surface area contributed by atoms with Gasteiger partial charge in [0.1, 0.15) is 0 Å². The standard InChI is InChI=1S/C9H14N2/c1-5-8-6-3-2-4-7(6)9(8)11-10-5/h5-9H,2-4H2,1H3/t5-,6+,7-,8+,9+/m1/s1. The molecule has 0 bridgehead atoms. The average Bonchev–Trinajstić information content (AvgIpc) is 2.43. The minimum Gasteiger partial charge on any atom is -0.190 e. The molecule has 3 rings (SSSR count). The van der Waals surface area contributed by atoms with Crippen LogP contribution >= 0.6 is 0 Å². The molecule has 0 saturated heterocycles. The highest BCUT2D eigenvalue weighted by molar-refractivity contribution is 5.09. The maximum Gasteiger partial charge on any atom is 0.0791 e. The van der Waals surface area contributed by atoms with Gasteiger partial charge in [-0.15, -0.1) is 0 Å². The van der Waals surface area contributed by atoms with Gasteiger partial charge in [0.2, 0.25) is 0 Å². The molecule has 0 radical (unpaired) electrons. The zero-order chi connectivity index (χ0) is 7.42. The minimum absolute atomic E-state index is 0.541. The first-order valence-electron chi connectivity index (χ1n) is 4.78. The van der Waals surface area contributed by atoms with E-state index in [1.807, 2.05) is 0 Å². The van der Waals surface area contributed by atoms with Crippen LogP contribution in [0, 0.1) is 17.8 Å². The molecular formula is C9H14N2. The van der Waals surface area contributed by atoms with Crippen LogP contribution in [0.1, 0.15) is 26.2 Å². The lowest BCUT2D eigenvalue weighted by Crippen LogP contribution is -2.48. The first-order valence-corrected chi connectivity index (χ1v) is 4.78.